The van der Waals surface area contributed by atoms with E-state index in [9.17, 15) is 9.59 Å². The average Bonchev–Trinajstić information content (AvgIpc) is 3.22. The molecular formula is C18H24N4O3S2. The van der Waals surface area contributed by atoms with E-state index in [4.69, 9.17) is 4.74 Å². The molecule has 0 bridgehead atoms. The normalized spacial score (nSPS) is 16.0. The van der Waals surface area contributed by atoms with E-state index in [-0.39, 0.29) is 17.6 Å². The molecule has 1 aliphatic rings. The van der Waals surface area contributed by atoms with Crippen molar-refractivity contribution in [3.63, 3.8) is 0 Å². The highest BCUT2D eigenvalue weighted by Crippen LogP contribution is 2.40. The summed E-state index contributed by atoms with van der Waals surface area (Å²) < 4.78 is 7.01. The third-order valence-corrected chi connectivity index (χ3v) is 6.88. The SMILES string of the molecule is CCOC(=O)c1c(NC(=O)CSc2nncn2C)sc2c1CC[C@H](CC)C2. The van der Waals surface area contributed by atoms with Crippen molar-refractivity contribution in [3.05, 3.63) is 22.3 Å². The largest absolute Gasteiger partial charge is 0.462 e. The molecule has 0 unspecified atom stereocenters. The van der Waals surface area contributed by atoms with Crippen molar-refractivity contribution < 1.29 is 14.3 Å². The Kier molecular flexibility index (Phi) is 6.54. The Morgan fingerprint density at radius 2 is 2.26 bits per heavy atom. The summed E-state index contributed by atoms with van der Waals surface area (Å²) in [5.41, 5.74) is 1.60. The summed E-state index contributed by atoms with van der Waals surface area (Å²) in [5.74, 6) is 0.330. The van der Waals surface area contributed by atoms with Gasteiger partial charge in [0.15, 0.2) is 5.16 Å². The molecule has 9 heteroatoms. The Hall–Kier alpha value is -1.87. The second-order valence-corrected chi connectivity index (χ2v) is 8.55. The maximum absolute atomic E-state index is 12.5. The quantitative estimate of drug-likeness (QED) is 0.559. The lowest BCUT2D eigenvalue weighted by molar-refractivity contribution is -0.113. The Bertz CT molecular complexity index is 831. The minimum Gasteiger partial charge on any atom is -0.462 e. The number of carbonyl (C=O) groups is 2. The van der Waals surface area contributed by atoms with Crippen molar-refractivity contribution in [3.8, 4) is 0 Å². The van der Waals surface area contributed by atoms with Crippen LogP contribution in [-0.4, -0.2) is 39.0 Å². The smallest absolute Gasteiger partial charge is 0.341 e. The Labute approximate surface area is 166 Å². The van der Waals surface area contributed by atoms with E-state index in [1.54, 1.807) is 17.8 Å². The second-order valence-electron chi connectivity index (χ2n) is 6.51. The summed E-state index contributed by atoms with van der Waals surface area (Å²) in [5, 5.41) is 12.0. The molecule has 2 aromatic heterocycles. The van der Waals surface area contributed by atoms with E-state index in [1.165, 1.54) is 28.0 Å². The van der Waals surface area contributed by atoms with Gasteiger partial charge >= 0.3 is 5.97 Å². The van der Waals surface area contributed by atoms with Crippen LogP contribution in [0.4, 0.5) is 5.00 Å². The number of carbonyl (C=O) groups excluding carboxylic acids is 2. The highest BCUT2D eigenvalue weighted by molar-refractivity contribution is 7.99. The fraction of sp³-hybridized carbons (Fsp3) is 0.556. The van der Waals surface area contributed by atoms with Gasteiger partial charge in [-0.2, -0.15) is 0 Å². The lowest BCUT2D eigenvalue weighted by atomic mass is 9.85. The first kappa shape index (κ1) is 19.9. The number of thioether (sulfide) groups is 1. The molecule has 0 radical (unpaired) electrons. The molecule has 2 heterocycles. The summed E-state index contributed by atoms with van der Waals surface area (Å²) in [6.07, 6.45) is 5.62. The average molecular weight is 409 g/mol. The monoisotopic (exact) mass is 408 g/mol. The number of ether oxygens (including phenoxy) is 1. The maximum atomic E-state index is 12.5. The molecule has 146 valence electrons. The third-order valence-electron chi connectivity index (χ3n) is 4.68. The topological polar surface area (TPSA) is 86.1 Å². The van der Waals surface area contributed by atoms with E-state index in [2.05, 4.69) is 22.4 Å². The molecule has 1 N–H and O–H groups in total. The highest BCUT2D eigenvalue weighted by atomic mass is 32.2. The predicted octanol–water partition coefficient (Wildman–Crippen LogP) is 3.30. The minimum absolute atomic E-state index is 0.167. The highest BCUT2D eigenvalue weighted by Gasteiger charge is 2.29. The van der Waals surface area contributed by atoms with Crippen LogP contribution in [0.25, 0.3) is 0 Å². The number of nitrogens with zero attached hydrogens (tertiary/aromatic N) is 3. The summed E-state index contributed by atoms with van der Waals surface area (Å²) >= 11 is 2.83. The van der Waals surface area contributed by atoms with Crippen LogP contribution in [0, 0.1) is 5.92 Å². The number of hydrogen-bond donors (Lipinski definition) is 1. The van der Waals surface area contributed by atoms with Gasteiger partial charge in [-0.1, -0.05) is 25.1 Å². The molecule has 1 atom stereocenters. The van der Waals surface area contributed by atoms with Crippen LogP contribution in [-0.2, 0) is 29.4 Å². The van der Waals surface area contributed by atoms with Crippen LogP contribution in [0.5, 0.6) is 0 Å². The molecule has 0 saturated carbocycles. The molecule has 0 spiro atoms. The van der Waals surface area contributed by atoms with Gasteiger partial charge in [0.25, 0.3) is 0 Å². The number of esters is 1. The number of rotatable bonds is 7. The van der Waals surface area contributed by atoms with Gasteiger partial charge in [-0.15, -0.1) is 21.5 Å². The van der Waals surface area contributed by atoms with Gasteiger partial charge < -0.3 is 14.6 Å². The van der Waals surface area contributed by atoms with Gasteiger partial charge in [-0.25, -0.2) is 4.79 Å². The lowest BCUT2D eigenvalue weighted by Gasteiger charge is -2.20. The zero-order valence-corrected chi connectivity index (χ0v) is 17.4. The van der Waals surface area contributed by atoms with Gasteiger partial charge in [0, 0.05) is 11.9 Å². The van der Waals surface area contributed by atoms with Crippen LogP contribution < -0.4 is 5.32 Å². The number of fused-ring (bicyclic) bond motifs is 1. The van der Waals surface area contributed by atoms with Crippen LogP contribution in [0.15, 0.2) is 11.5 Å². The van der Waals surface area contributed by atoms with Gasteiger partial charge in [0.1, 0.15) is 11.3 Å². The molecule has 0 aromatic carbocycles. The second kappa shape index (κ2) is 8.88. The van der Waals surface area contributed by atoms with Crippen LogP contribution in [0.2, 0.25) is 0 Å². The summed E-state index contributed by atoms with van der Waals surface area (Å²) in [7, 11) is 1.83. The minimum atomic E-state index is -0.346. The molecule has 0 aliphatic heterocycles. The van der Waals surface area contributed by atoms with E-state index >= 15 is 0 Å². The summed E-state index contributed by atoms with van der Waals surface area (Å²) in [6, 6.07) is 0. The Balaban J connectivity index is 1.77. The van der Waals surface area contributed by atoms with Crippen molar-refractivity contribution in [2.24, 2.45) is 13.0 Å². The molecule has 1 amide bonds. The summed E-state index contributed by atoms with van der Waals surface area (Å²) in [4.78, 5) is 26.2. The fourth-order valence-electron chi connectivity index (χ4n) is 3.21. The van der Waals surface area contributed by atoms with E-state index in [0.29, 0.717) is 28.2 Å². The molecule has 27 heavy (non-hydrogen) atoms. The molecule has 3 rings (SSSR count). The Morgan fingerprint density at radius 3 is 2.93 bits per heavy atom. The van der Waals surface area contributed by atoms with Crippen LogP contribution >= 0.6 is 23.1 Å². The first-order valence-electron chi connectivity index (χ1n) is 9.11. The number of anilines is 1. The van der Waals surface area contributed by atoms with Crippen molar-refractivity contribution >= 4 is 40.0 Å². The van der Waals surface area contributed by atoms with Crippen LogP contribution in [0.3, 0.4) is 0 Å². The van der Waals surface area contributed by atoms with Gasteiger partial charge in [-0.05, 0) is 37.7 Å². The number of aryl methyl sites for hydroxylation is 1. The maximum Gasteiger partial charge on any atom is 0.341 e. The van der Waals surface area contributed by atoms with Crippen LogP contribution in [0.1, 0.15) is 47.5 Å². The zero-order chi connectivity index (χ0) is 19.4. The number of thiophene rings is 1. The van der Waals surface area contributed by atoms with Crippen molar-refractivity contribution in [2.75, 3.05) is 17.7 Å². The zero-order valence-electron chi connectivity index (χ0n) is 15.8. The standard InChI is InChI=1S/C18H24N4O3S2/c1-4-11-6-7-12-13(8-11)27-16(15(12)17(24)25-5-2)20-14(23)9-26-18-21-19-10-22(18)3/h10-11H,4-9H2,1-3H3,(H,20,23)/t11-/m0/s1. The fourth-order valence-corrected chi connectivity index (χ4v) is 5.26. The number of hydrogen-bond acceptors (Lipinski definition) is 7. The molecular weight excluding hydrogens is 384 g/mol. The first-order valence-corrected chi connectivity index (χ1v) is 10.9. The first-order chi connectivity index (χ1) is 13.0. The van der Waals surface area contributed by atoms with E-state index in [1.807, 2.05) is 7.05 Å². The van der Waals surface area contributed by atoms with Crippen molar-refractivity contribution in [1.29, 1.82) is 0 Å². The predicted molar refractivity (Wildman–Crippen MR) is 106 cm³/mol. The Morgan fingerprint density at radius 1 is 1.44 bits per heavy atom. The molecule has 0 saturated heterocycles. The molecule has 2 aromatic rings. The van der Waals surface area contributed by atoms with Gasteiger partial charge in [-0.3, -0.25) is 4.79 Å². The number of aromatic nitrogens is 3. The summed E-state index contributed by atoms with van der Waals surface area (Å²) in [6.45, 7) is 4.30. The van der Waals surface area contributed by atoms with E-state index < -0.39 is 0 Å². The van der Waals surface area contributed by atoms with Crippen molar-refractivity contribution in [2.45, 2.75) is 44.7 Å². The third kappa shape index (κ3) is 4.52. The van der Waals surface area contributed by atoms with Gasteiger partial charge in [0.05, 0.1) is 17.9 Å². The van der Waals surface area contributed by atoms with Gasteiger partial charge in [0.2, 0.25) is 5.91 Å². The number of amides is 1. The molecule has 0 fully saturated rings. The van der Waals surface area contributed by atoms with Crippen molar-refractivity contribution in [1.82, 2.24) is 14.8 Å². The molecule has 7 nitrogen and oxygen atoms in total. The van der Waals surface area contributed by atoms with E-state index in [0.717, 1.165) is 31.2 Å². The number of nitrogens with one attached hydrogen (secondary N) is 1. The molecule has 1 aliphatic carbocycles. The lowest BCUT2D eigenvalue weighted by Crippen LogP contribution is -2.18.